The van der Waals surface area contributed by atoms with Crippen LogP contribution in [-0.4, -0.2) is 49.0 Å². The van der Waals surface area contributed by atoms with Crippen LogP contribution in [0.25, 0.3) is 0 Å². The molecule has 0 radical (unpaired) electrons. The zero-order valence-corrected chi connectivity index (χ0v) is 13.6. The Morgan fingerprint density at radius 3 is 2.77 bits per heavy atom. The van der Waals surface area contributed by atoms with Gasteiger partial charge in [0.05, 0.1) is 6.54 Å². The summed E-state index contributed by atoms with van der Waals surface area (Å²) >= 11 is 0. The number of carbonyl (C=O) groups excluding carboxylic acids is 2. The van der Waals surface area contributed by atoms with Crippen molar-refractivity contribution in [1.29, 1.82) is 0 Å². The van der Waals surface area contributed by atoms with E-state index in [1.54, 1.807) is 11.9 Å². The fraction of sp³-hybridized carbons (Fsp3) is 0.600. The van der Waals surface area contributed by atoms with Crippen LogP contribution < -0.4 is 15.5 Å². The number of hydrogen-bond donors (Lipinski definition) is 2. The number of amides is 2. The lowest BCUT2D eigenvalue weighted by Gasteiger charge is -2.25. The Hall–Kier alpha value is -2.18. The minimum atomic E-state index is -0.164. The Morgan fingerprint density at radius 1 is 1.41 bits per heavy atom. The molecule has 2 amide bonds. The molecule has 7 nitrogen and oxygen atoms in total. The van der Waals surface area contributed by atoms with E-state index in [0.717, 1.165) is 5.56 Å². The van der Waals surface area contributed by atoms with Crippen molar-refractivity contribution in [3.63, 3.8) is 0 Å². The molecule has 1 aromatic rings. The summed E-state index contributed by atoms with van der Waals surface area (Å²) in [6.45, 7) is 4.93. The highest BCUT2D eigenvalue weighted by atomic mass is 16.2. The second-order valence-corrected chi connectivity index (χ2v) is 5.92. The molecule has 1 aliphatic rings. The molecule has 120 valence electrons. The van der Waals surface area contributed by atoms with Gasteiger partial charge >= 0.3 is 0 Å². The quantitative estimate of drug-likeness (QED) is 0.808. The van der Waals surface area contributed by atoms with E-state index in [0.29, 0.717) is 42.6 Å². The number of anilines is 1. The van der Waals surface area contributed by atoms with Crippen molar-refractivity contribution in [1.82, 2.24) is 20.6 Å². The third-order valence-corrected chi connectivity index (χ3v) is 3.52. The van der Waals surface area contributed by atoms with Crippen LogP contribution in [0.15, 0.2) is 0 Å². The molecular weight excluding hydrogens is 282 g/mol. The molecule has 0 fully saturated rings. The highest BCUT2D eigenvalue weighted by Crippen LogP contribution is 2.23. The summed E-state index contributed by atoms with van der Waals surface area (Å²) in [4.78, 5) is 34.5. The first-order valence-electron chi connectivity index (χ1n) is 7.52. The molecule has 7 heteroatoms. The molecule has 1 aromatic heterocycles. The van der Waals surface area contributed by atoms with Crippen molar-refractivity contribution in [3.05, 3.63) is 17.1 Å². The second kappa shape index (κ2) is 6.72. The molecule has 0 atom stereocenters. The van der Waals surface area contributed by atoms with E-state index in [4.69, 9.17) is 0 Å². The summed E-state index contributed by atoms with van der Waals surface area (Å²) in [5.74, 6) is 1.45. The highest BCUT2D eigenvalue weighted by Gasteiger charge is 2.25. The van der Waals surface area contributed by atoms with Crippen molar-refractivity contribution >= 4 is 17.6 Å². The molecule has 0 bridgehead atoms. The zero-order valence-electron chi connectivity index (χ0n) is 13.6. The third-order valence-electron chi connectivity index (χ3n) is 3.52. The van der Waals surface area contributed by atoms with Crippen LogP contribution in [0.1, 0.15) is 35.7 Å². The summed E-state index contributed by atoms with van der Waals surface area (Å²) in [5, 5.41) is 5.41. The second-order valence-electron chi connectivity index (χ2n) is 5.92. The molecule has 1 aliphatic heterocycles. The summed E-state index contributed by atoms with van der Waals surface area (Å²) in [7, 11) is 3.41. The van der Waals surface area contributed by atoms with Crippen LogP contribution in [0, 0.1) is 5.92 Å². The number of carbonyl (C=O) groups is 2. The molecule has 0 spiro atoms. The van der Waals surface area contributed by atoms with E-state index >= 15 is 0 Å². The molecule has 0 unspecified atom stereocenters. The first-order valence-corrected chi connectivity index (χ1v) is 7.52. The fourth-order valence-electron chi connectivity index (χ4n) is 2.46. The molecule has 0 saturated heterocycles. The largest absolute Gasteiger partial charge is 0.358 e. The predicted molar refractivity (Wildman–Crippen MR) is 83.9 cm³/mol. The van der Waals surface area contributed by atoms with Gasteiger partial charge in [0.2, 0.25) is 5.91 Å². The van der Waals surface area contributed by atoms with Gasteiger partial charge in [0, 0.05) is 32.6 Å². The molecular formula is C15H23N5O2. The van der Waals surface area contributed by atoms with E-state index in [2.05, 4.69) is 34.4 Å². The average molecular weight is 305 g/mol. The van der Waals surface area contributed by atoms with Crippen molar-refractivity contribution < 1.29 is 9.59 Å². The summed E-state index contributed by atoms with van der Waals surface area (Å²) in [6.07, 6.45) is 1.37. The van der Waals surface area contributed by atoms with Gasteiger partial charge in [0.1, 0.15) is 17.3 Å². The summed E-state index contributed by atoms with van der Waals surface area (Å²) in [5.41, 5.74) is 1.26. The molecule has 0 saturated carbocycles. The van der Waals surface area contributed by atoms with Crippen LogP contribution in [0.5, 0.6) is 0 Å². The van der Waals surface area contributed by atoms with Crippen molar-refractivity contribution in [2.45, 2.75) is 26.7 Å². The Labute approximate surface area is 130 Å². The minimum absolute atomic E-state index is 0.0967. The van der Waals surface area contributed by atoms with Crippen LogP contribution in [0.2, 0.25) is 0 Å². The van der Waals surface area contributed by atoms with Crippen LogP contribution in [0.3, 0.4) is 0 Å². The minimum Gasteiger partial charge on any atom is -0.358 e. The van der Waals surface area contributed by atoms with E-state index in [1.807, 2.05) is 7.05 Å². The average Bonchev–Trinajstić information content (AvgIpc) is 2.46. The molecule has 2 rings (SSSR count). The number of nitrogens with zero attached hydrogens (tertiary/aromatic N) is 3. The van der Waals surface area contributed by atoms with Crippen molar-refractivity contribution in [2.75, 3.05) is 32.1 Å². The van der Waals surface area contributed by atoms with E-state index in [-0.39, 0.29) is 18.4 Å². The normalized spacial score (nSPS) is 13.6. The van der Waals surface area contributed by atoms with Gasteiger partial charge in [-0.25, -0.2) is 9.97 Å². The Bertz CT molecular complexity index is 586. The van der Waals surface area contributed by atoms with Gasteiger partial charge < -0.3 is 15.5 Å². The first kappa shape index (κ1) is 16.2. The Morgan fingerprint density at radius 2 is 2.14 bits per heavy atom. The maximum Gasteiger partial charge on any atom is 0.270 e. The van der Waals surface area contributed by atoms with Crippen LogP contribution in [0.4, 0.5) is 5.82 Å². The topological polar surface area (TPSA) is 87.2 Å². The van der Waals surface area contributed by atoms with E-state index < -0.39 is 0 Å². The first-order chi connectivity index (χ1) is 10.4. The smallest absolute Gasteiger partial charge is 0.270 e. The van der Waals surface area contributed by atoms with Crippen LogP contribution in [-0.2, 0) is 17.6 Å². The molecule has 2 N–H and O–H groups in total. The SMILES string of the molecule is CNC(=O)CN(C)c1nc(CC(C)C)nc2c1CCNC2=O. The number of rotatable bonds is 5. The van der Waals surface area contributed by atoms with Gasteiger partial charge in [0.15, 0.2) is 0 Å². The van der Waals surface area contributed by atoms with Crippen LogP contribution >= 0.6 is 0 Å². The maximum atomic E-state index is 12.1. The van der Waals surface area contributed by atoms with E-state index in [9.17, 15) is 9.59 Å². The highest BCUT2D eigenvalue weighted by molar-refractivity contribution is 5.96. The van der Waals surface area contributed by atoms with Gasteiger partial charge in [-0.1, -0.05) is 13.8 Å². The summed E-state index contributed by atoms with van der Waals surface area (Å²) in [6, 6.07) is 0. The van der Waals surface area contributed by atoms with Gasteiger partial charge in [-0.3, -0.25) is 9.59 Å². The number of aromatic nitrogens is 2. The maximum absolute atomic E-state index is 12.1. The Balaban J connectivity index is 2.43. The fourth-order valence-corrected chi connectivity index (χ4v) is 2.46. The van der Waals surface area contributed by atoms with Gasteiger partial charge in [-0.05, 0) is 12.3 Å². The lowest BCUT2D eigenvalue weighted by molar-refractivity contribution is -0.119. The standard InChI is InChI=1S/C15H23N5O2/c1-9(2)7-11-18-13-10(5-6-17-15(13)22)14(19-11)20(4)8-12(21)16-3/h9H,5-8H2,1-4H3,(H,16,21)(H,17,22). The number of nitrogens with one attached hydrogen (secondary N) is 2. The lowest BCUT2D eigenvalue weighted by atomic mass is 10.0. The summed E-state index contributed by atoms with van der Waals surface area (Å²) < 4.78 is 0. The van der Waals surface area contributed by atoms with E-state index in [1.165, 1.54) is 0 Å². The number of likely N-dealkylation sites (N-methyl/N-ethyl adjacent to an activating group) is 2. The molecule has 2 heterocycles. The molecule has 0 aromatic carbocycles. The van der Waals surface area contributed by atoms with Crippen molar-refractivity contribution in [2.24, 2.45) is 5.92 Å². The van der Waals surface area contributed by atoms with Crippen molar-refractivity contribution in [3.8, 4) is 0 Å². The van der Waals surface area contributed by atoms with Gasteiger partial charge in [-0.15, -0.1) is 0 Å². The van der Waals surface area contributed by atoms with Gasteiger partial charge in [-0.2, -0.15) is 0 Å². The van der Waals surface area contributed by atoms with Gasteiger partial charge in [0.25, 0.3) is 5.91 Å². The Kier molecular flexibility index (Phi) is 4.95. The molecule has 0 aliphatic carbocycles. The number of fused-ring (bicyclic) bond motifs is 1. The lowest BCUT2D eigenvalue weighted by Crippen LogP contribution is -2.38. The number of hydrogen-bond acceptors (Lipinski definition) is 5. The predicted octanol–water partition coefficient (Wildman–Crippen LogP) is 0.143. The molecule has 22 heavy (non-hydrogen) atoms. The third kappa shape index (κ3) is 3.52. The monoisotopic (exact) mass is 305 g/mol. The zero-order chi connectivity index (χ0) is 16.3.